The topological polar surface area (TPSA) is 29.5 Å². The molecule has 1 saturated heterocycles. The fourth-order valence-corrected chi connectivity index (χ4v) is 1.79. The average molecular weight is 233 g/mol. The zero-order valence-corrected chi connectivity index (χ0v) is 9.44. The van der Waals surface area contributed by atoms with E-state index in [1.165, 1.54) is 4.90 Å². The number of hydrogen-bond donors (Lipinski definition) is 0. The van der Waals surface area contributed by atoms with Gasteiger partial charge in [0.2, 0.25) is 0 Å². The molecule has 0 spiro atoms. The zero-order valence-electron chi connectivity index (χ0n) is 8.63. The molecule has 0 bridgehead atoms. The standard InChI is InChI=1S/C12H11NO2S/c1-2-10-8-13(12(16)15-10)11(14)9-6-4-3-5-7-9/h2-7,10H,1,8H2/t10-/m1/s1. The second-order valence-corrected chi connectivity index (χ2v) is 3.79. The van der Waals surface area contributed by atoms with Crippen molar-refractivity contribution in [3.8, 4) is 0 Å². The Morgan fingerprint density at radius 1 is 1.50 bits per heavy atom. The molecular weight excluding hydrogens is 222 g/mol. The molecule has 3 nitrogen and oxygen atoms in total. The molecule has 1 aliphatic rings. The van der Waals surface area contributed by atoms with Gasteiger partial charge in [0.05, 0.1) is 6.54 Å². The molecule has 1 heterocycles. The van der Waals surface area contributed by atoms with Crippen molar-refractivity contribution in [2.75, 3.05) is 6.54 Å². The van der Waals surface area contributed by atoms with Gasteiger partial charge in [-0.2, -0.15) is 0 Å². The maximum atomic E-state index is 12.0. The van der Waals surface area contributed by atoms with Gasteiger partial charge in [-0.3, -0.25) is 9.69 Å². The molecule has 0 unspecified atom stereocenters. The van der Waals surface area contributed by atoms with E-state index in [1.54, 1.807) is 18.2 Å². The molecule has 0 saturated carbocycles. The van der Waals surface area contributed by atoms with Crippen molar-refractivity contribution in [1.29, 1.82) is 0 Å². The van der Waals surface area contributed by atoms with E-state index in [4.69, 9.17) is 17.0 Å². The number of rotatable bonds is 2. The van der Waals surface area contributed by atoms with Crippen LogP contribution in [-0.2, 0) is 4.74 Å². The number of benzene rings is 1. The third kappa shape index (κ3) is 1.97. The molecule has 82 valence electrons. The molecule has 2 rings (SSSR count). The molecule has 4 heteroatoms. The first-order valence-electron chi connectivity index (χ1n) is 4.92. The summed E-state index contributed by atoms with van der Waals surface area (Å²) >= 11 is 5.00. The Morgan fingerprint density at radius 3 is 2.75 bits per heavy atom. The second-order valence-electron chi connectivity index (χ2n) is 3.44. The molecule has 1 atom stereocenters. The lowest BCUT2D eigenvalue weighted by Gasteiger charge is -2.12. The molecule has 1 amide bonds. The molecule has 0 aromatic heterocycles. The van der Waals surface area contributed by atoms with Crippen LogP contribution in [0.15, 0.2) is 43.0 Å². The number of ether oxygens (including phenoxy) is 1. The van der Waals surface area contributed by atoms with E-state index in [2.05, 4.69) is 6.58 Å². The Kier molecular flexibility index (Phi) is 3.01. The van der Waals surface area contributed by atoms with Gasteiger partial charge in [-0.15, -0.1) is 0 Å². The first-order chi connectivity index (χ1) is 7.72. The van der Waals surface area contributed by atoms with E-state index in [0.717, 1.165) is 0 Å². The van der Waals surface area contributed by atoms with E-state index in [0.29, 0.717) is 12.1 Å². The smallest absolute Gasteiger partial charge is 0.267 e. The summed E-state index contributed by atoms with van der Waals surface area (Å²) in [4.78, 5) is 13.5. The quantitative estimate of drug-likeness (QED) is 0.578. The highest BCUT2D eigenvalue weighted by Crippen LogP contribution is 2.15. The molecule has 0 N–H and O–H groups in total. The largest absolute Gasteiger partial charge is 0.461 e. The Labute approximate surface area is 99.3 Å². The van der Waals surface area contributed by atoms with Crippen LogP contribution in [-0.4, -0.2) is 28.6 Å². The molecule has 0 aliphatic carbocycles. The van der Waals surface area contributed by atoms with Gasteiger partial charge >= 0.3 is 0 Å². The monoisotopic (exact) mass is 233 g/mol. The van der Waals surface area contributed by atoms with Gasteiger partial charge in [-0.1, -0.05) is 24.8 Å². The van der Waals surface area contributed by atoms with Crippen molar-refractivity contribution in [2.45, 2.75) is 6.10 Å². The fourth-order valence-electron chi connectivity index (χ4n) is 1.51. The Balaban J connectivity index is 2.18. The van der Waals surface area contributed by atoms with Gasteiger partial charge in [-0.05, 0) is 30.4 Å². The van der Waals surface area contributed by atoms with Crippen molar-refractivity contribution in [3.63, 3.8) is 0 Å². The van der Waals surface area contributed by atoms with Crippen LogP contribution in [0.4, 0.5) is 0 Å². The summed E-state index contributed by atoms with van der Waals surface area (Å²) in [7, 11) is 0. The lowest BCUT2D eigenvalue weighted by atomic mass is 10.2. The predicted molar refractivity (Wildman–Crippen MR) is 65.1 cm³/mol. The minimum Gasteiger partial charge on any atom is -0.461 e. The second kappa shape index (κ2) is 4.45. The Morgan fingerprint density at radius 2 is 2.19 bits per heavy atom. The van der Waals surface area contributed by atoms with Crippen molar-refractivity contribution >= 4 is 23.3 Å². The lowest BCUT2D eigenvalue weighted by molar-refractivity contribution is 0.0858. The number of carbonyl (C=O) groups excluding carboxylic acids is 1. The summed E-state index contributed by atoms with van der Waals surface area (Å²) in [6.07, 6.45) is 1.45. The third-order valence-electron chi connectivity index (χ3n) is 2.36. The van der Waals surface area contributed by atoms with Gasteiger partial charge < -0.3 is 4.74 Å². The van der Waals surface area contributed by atoms with E-state index >= 15 is 0 Å². The summed E-state index contributed by atoms with van der Waals surface area (Å²) in [6.45, 7) is 4.06. The number of hydrogen-bond acceptors (Lipinski definition) is 3. The molecule has 1 aliphatic heterocycles. The summed E-state index contributed by atoms with van der Waals surface area (Å²) in [5.41, 5.74) is 0.609. The van der Waals surface area contributed by atoms with E-state index in [9.17, 15) is 4.79 Å². The first-order valence-corrected chi connectivity index (χ1v) is 5.33. The molecule has 1 aromatic rings. The van der Waals surface area contributed by atoms with Gasteiger partial charge in [0, 0.05) is 5.56 Å². The Hall–Kier alpha value is -1.68. The number of nitrogens with zero attached hydrogens (tertiary/aromatic N) is 1. The maximum absolute atomic E-state index is 12.0. The number of amides is 1. The predicted octanol–water partition coefficient (Wildman–Crippen LogP) is 2.00. The fraction of sp³-hybridized carbons (Fsp3) is 0.167. The van der Waals surface area contributed by atoms with Crippen LogP contribution < -0.4 is 0 Å². The maximum Gasteiger partial charge on any atom is 0.267 e. The molecule has 16 heavy (non-hydrogen) atoms. The highest BCUT2D eigenvalue weighted by atomic mass is 32.1. The first kappa shape index (κ1) is 10.8. The summed E-state index contributed by atoms with van der Waals surface area (Å²) in [5, 5.41) is 0.221. The SMILES string of the molecule is C=C[C@@H]1CN(C(=O)c2ccccc2)C(=S)O1. The normalized spacial score (nSPS) is 19.4. The van der Waals surface area contributed by atoms with Crippen LogP contribution in [0, 0.1) is 0 Å². The number of carbonyl (C=O) groups is 1. The van der Waals surface area contributed by atoms with Crippen molar-refractivity contribution in [3.05, 3.63) is 48.6 Å². The van der Waals surface area contributed by atoms with E-state index in [-0.39, 0.29) is 17.2 Å². The highest BCUT2D eigenvalue weighted by molar-refractivity contribution is 7.80. The van der Waals surface area contributed by atoms with Crippen LogP contribution in [0.1, 0.15) is 10.4 Å². The molecule has 1 aromatic carbocycles. The summed E-state index contributed by atoms with van der Waals surface area (Å²) < 4.78 is 5.28. The lowest BCUT2D eigenvalue weighted by Crippen LogP contribution is -2.31. The number of thiocarbonyl (C=S) groups is 1. The minimum absolute atomic E-state index is 0.130. The van der Waals surface area contributed by atoms with E-state index < -0.39 is 0 Å². The minimum atomic E-state index is -0.194. The van der Waals surface area contributed by atoms with Crippen molar-refractivity contribution in [1.82, 2.24) is 4.90 Å². The molecule has 0 radical (unpaired) electrons. The van der Waals surface area contributed by atoms with Crippen LogP contribution in [0.25, 0.3) is 0 Å². The Bertz CT molecular complexity index is 430. The zero-order chi connectivity index (χ0) is 11.5. The van der Waals surface area contributed by atoms with Gasteiger partial charge in [0.1, 0.15) is 6.10 Å². The third-order valence-corrected chi connectivity index (χ3v) is 2.68. The van der Waals surface area contributed by atoms with Gasteiger partial charge in [0.25, 0.3) is 11.1 Å². The van der Waals surface area contributed by atoms with Crippen LogP contribution >= 0.6 is 12.2 Å². The highest BCUT2D eigenvalue weighted by Gasteiger charge is 2.31. The van der Waals surface area contributed by atoms with Crippen LogP contribution in [0.2, 0.25) is 0 Å². The van der Waals surface area contributed by atoms with Crippen LogP contribution in [0.3, 0.4) is 0 Å². The average Bonchev–Trinajstić information content (AvgIpc) is 2.71. The summed E-state index contributed by atoms with van der Waals surface area (Å²) in [5.74, 6) is -0.130. The van der Waals surface area contributed by atoms with Gasteiger partial charge in [0.15, 0.2) is 0 Å². The molecule has 1 fully saturated rings. The van der Waals surface area contributed by atoms with Gasteiger partial charge in [-0.25, -0.2) is 0 Å². The molecular formula is C12H11NO2S. The van der Waals surface area contributed by atoms with Crippen molar-refractivity contribution < 1.29 is 9.53 Å². The van der Waals surface area contributed by atoms with Crippen molar-refractivity contribution in [2.24, 2.45) is 0 Å². The summed E-state index contributed by atoms with van der Waals surface area (Å²) in [6, 6.07) is 9.01. The van der Waals surface area contributed by atoms with E-state index in [1.807, 2.05) is 18.2 Å². The van der Waals surface area contributed by atoms with Crippen LogP contribution in [0.5, 0.6) is 0 Å².